The molecule has 0 aliphatic carbocycles. The van der Waals surface area contributed by atoms with Crippen LogP contribution in [0.15, 0.2) is 30.9 Å². The zero-order valence-corrected chi connectivity index (χ0v) is 15.5. The summed E-state index contributed by atoms with van der Waals surface area (Å²) in [4.78, 5) is 14.2. The van der Waals surface area contributed by atoms with E-state index in [-0.39, 0.29) is 12.1 Å². The quantitative estimate of drug-likeness (QED) is 0.817. The minimum absolute atomic E-state index is 0.119. The number of rotatable bonds is 3. The van der Waals surface area contributed by atoms with Crippen molar-refractivity contribution in [2.24, 2.45) is 0 Å². The Hall–Kier alpha value is -2.77. The lowest BCUT2D eigenvalue weighted by molar-refractivity contribution is 0.0497. The molecule has 0 unspecified atom stereocenters. The number of hydrogen-bond donors (Lipinski definition) is 2. The fourth-order valence-electron chi connectivity index (χ4n) is 3.08. The highest BCUT2D eigenvalue weighted by Gasteiger charge is 2.25. The van der Waals surface area contributed by atoms with Crippen LogP contribution in [0.5, 0.6) is 0 Å². The van der Waals surface area contributed by atoms with Gasteiger partial charge in [0, 0.05) is 24.8 Å². The van der Waals surface area contributed by atoms with E-state index in [2.05, 4.69) is 20.4 Å². The van der Waals surface area contributed by atoms with E-state index in [1.54, 1.807) is 12.7 Å². The van der Waals surface area contributed by atoms with E-state index < -0.39 is 5.60 Å². The first kappa shape index (κ1) is 18.0. The van der Waals surface area contributed by atoms with Crippen LogP contribution in [0.25, 0.3) is 5.69 Å². The molecule has 1 fully saturated rings. The highest BCUT2D eigenvalue weighted by Crippen LogP contribution is 2.29. The van der Waals surface area contributed by atoms with Crippen LogP contribution >= 0.6 is 0 Å². The maximum atomic E-state index is 11.9. The second kappa shape index (κ2) is 7.23. The van der Waals surface area contributed by atoms with Crippen LogP contribution in [0, 0.1) is 0 Å². The van der Waals surface area contributed by atoms with E-state index in [0.717, 1.165) is 37.3 Å². The monoisotopic (exact) mass is 358 g/mol. The summed E-state index contributed by atoms with van der Waals surface area (Å²) >= 11 is 0. The lowest BCUT2D eigenvalue weighted by atomic mass is 10.0. The van der Waals surface area contributed by atoms with Crippen LogP contribution in [0.1, 0.15) is 33.6 Å². The van der Waals surface area contributed by atoms with Crippen LogP contribution in [-0.4, -0.2) is 45.6 Å². The van der Waals surface area contributed by atoms with E-state index in [1.165, 1.54) is 0 Å². The van der Waals surface area contributed by atoms with Crippen molar-refractivity contribution in [3.05, 3.63) is 30.9 Å². The first-order chi connectivity index (χ1) is 12.3. The van der Waals surface area contributed by atoms with Crippen LogP contribution in [0.3, 0.4) is 0 Å². The number of hydrogen-bond acceptors (Lipinski definition) is 6. The minimum atomic E-state index is -0.484. The van der Waals surface area contributed by atoms with Gasteiger partial charge in [0.15, 0.2) is 0 Å². The van der Waals surface area contributed by atoms with Gasteiger partial charge in [-0.1, -0.05) is 0 Å². The van der Waals surface area contributed by atoms with Gasteiger partial charge in [0.25, 0.3) is 0 Å². The minimum Gasteiger partial charge on any atom is -0.444 e. The molecule has 3 rings (SSSR count). The summed E-state index contributed by atoms with van der Waals surface area (Å²) in [5.74, 6) is 0. The average Bonchev–Trinajstić information content (AvgIpc) is 3.08. The molecule has 0 atom stereocenters. The third-order valence-electron chi connectivity index (χ3n) is 4.25. The van der Waals surface area contributed by atoms with Gasteiger partial charge in [-0.3, -0.25) is 4.57 Å². The first-order valence-electron chi connectivity index (χ1n) is 8.81. The molecule has 140 valence electrons. The van der Waals surface area contributed by atoms with E-state index >= 15 is 0 Å². The molecule has 0 spiro atoms. The van der Waals surface area contributed by atoms with Crippen LogP contribution in [-0.2, 0) is 4.74 Å². The number of anilines is 2. The number of carbonyl (C=O) groups is 1. The lowest BCUT2D eigenvalue weighted by Gasteiger charge is -2.35. The topological polar surface area (TPSA) is 98.3 Å². The number of carbonyl (C=O) groups excluding carboxylic acids is 1. The largest absolute Gasteiger partial charge is 0.444 e. The Balaban J connectivity index is 1.65. The van der Waals surface area contributed by atoms with Crippen molar-refractivity contribution < 1.29 is 9.53 Å². The molecule has 0 saturated carbocycles. The summed E-state index contributed by atoms with van der Waals surface area (Å²) in [5, 5.41) is 10.7. The normalized spacial score (nSPS) is 15.7. The van der Waals surface area contributed by atoms with Crippen molar-refractivity contribution in [1.29, 1.82) is 0 Å². The van der Waals surface area contributed by atoms with Gasteiger partial charge in [-0.15, -0.1) is 10.2 Å². The van der Waals surface area contributed by atoms with Gasteiger partial charge < -0.3 is 20.7 Å². The molecular formula is C18H26N6O2. The van der Waals surface area contributed by atoms with Gasteiger partial charge in [-0.25, -0.2) is 4.79 Å². The van der Waals surface area contributed by atoms with Gasteiger partial charge in [0.1, 0.15) is 18.3 Å². The Morgan fingerprint density at radius 3 is 2.46 bits per heavy atom. The fourth-order valence-corrected chi connectivity index (χ4v) is 3.08. The van der Waals surface area contributed by atoms with E-state index in [4.69, 9.17) is 10.5 Å². The van der Waals surface area contributed by atoms with Gasteiger partial charge >= 0.3 is 6.09 Å². The molecule has 1 saturated heterocycles. The Bertz CT molecular complexity index is 746. The predicted octanol–water partition coefficient (Wildman–Crippen LogP) is 2.34. The number of aromatic nitrogens is 3. The summed E-state index contributed by atoms with van der Waals surface area (Å²) in [5.41, 5.74) is 8.20. The molecule has 0 bridgehead atoms. The van der Waals surface area contributed by atoms with Crippen molar-refractivity contribution in [3.8, 4) is 5.69 Å². The molecule has 1 aliphatic rings. The molecule has 2 heterocycles. The number of nitrogen functional groups attached to an aromatic ring is 1. The molecule has 1 aromatic carbocycles. The highest BCUT2D eigenvalue weighted by atomic mass is 16.6. The summed E-state index contributed by atoms with van der Waals surface area (Å²) in [6.07, 6.45) is 4.68. The third-order valence-corrected chi connectivity index (χ3v) is 4.25. The number of piperidine rings is 1. The molecule has 1 aromatic heterocycles. The first-order valence-corrected chi connectivity index (χ1v) is 8.81. The standard InChI is InChI=1S/C18H26N6O2/c1-18(2,3)26-17(25)22-14-6-8-23(9-7-14)15-5-4-13(19)10-16(15)24-11-20-21-12-24/h4-5,10-12,14H,6-9,19H2,1-3H3,(H,22,25). The summed E-state index contributed by atoms with van der Waals surface area (Å²) in [6.45, 7) is 7.26. The molecule has 8 nitrogen and oxygen atoms in total. The average molecular weight is 358 g/mol. The predicted molar refractivity (Wildman–Crippen MR) is 100 cm³/mol. The Kier molecular flexibility index (Phi) is 5.01. The highest BCUT2D eigenvalue weighted by molar-refractivity contribution is 5.69. The van der Waals surface area contributed by atoms with E-state index in [0.29, 0.717) is 5.69 Å². The summed E-state index contributed by atoms with van der Waals surface area (Å²) in [6, 6.07) is 5.96. The fraction of sp³-hybridized carbons (Fsp3) is 0.500. The summed E-state index contributed by atoms with van der Waals surface area (Å²) in [7, 11) is 0. The van der Waals surface area contributed by atoms with Crippen LogP contribution < -0.4 is 16.0 Å². The van der Waals surface area contributed by atoms with Gasteiger partial charge in [-0.05, 0) is 51.8 Å². The number of nitrogens with zero attached hydrogens (tertiary/aromatic N) is 4. The van der Waals surface area contributed by atoms with Crippen molar-refractivity contribution in [1.82, 2.24) is 20.1 Å². The molecule has 8 heteroatoms. The molecule has 2 aromatic rings. The van der Waals surface area contributed by atoms with Crippen LogP contribution in [0.2, 0.25) is 0 Å². The van der Waals surface area contributed by atoms with Crippen molar-refractivity contribution >= 4 is 17.5 Å². The Morgan fingerprint density at radius 2 is 1.85 bits per heavy atom. The smallest absolute Gasteiger partial charge is 0.407 e. The van der Waals surface area contributed by atoms with Gasteiger partial charge in [-0.2, -0.15) is 0 Å². The van der Waals surface area contributed by atoms with Gasteiger partial charge in [0.05, 0.1) is 11.4 Å². The third kappa shape index (κ3) is 4.44. The van der Waals surface area contributed by atoms with Crippen LogP contribution in [0.4, 0.5) is 16.2 Å². The zero-order chi connectivity index (χ0) is 18.7. The summed E-state index contributed by atoms with van der Waals surface area (Å²) < 4.78 is 7.20. The zero-order valence-electron chi connectivity index (χ0n) is 15.5. The number of benzene rings is 1. The second-order valence-corrected chi connectivity index (χ2v) is 7.52. The number of ether oxygens (including phenoxy) is 1. The molecule has 26 heavy (non-hydrogen) atoms. The molecule has 0 radical (unpaired) electrons. The second-order valence-electron chi connectivity index (χ2n) is 7.52. The van der Waals surface area contributed by atoms with Crippen molar-refractivity contribution in [2.45, 2.75) is 45.3 Å². The molecular weight excluding hydrogens is 332 g/mol. The van der Waals surface area contributed by atoms with Gasteiger partial charge in [0.2, 0.25) is 0 Å². The van der Waals surface area contributed by atoms with Crippen molar-refractivity contribution in [2.75, 3.05) is 23.7 Å². The number of alkyl carbamates (subject to hydrolysis) is 1. The molecule has 3 N–H and O–H groups in total. The maximum Gasteiger partial charge on any atom is 0.407 e. The van der Waals surface area contributed by atoms with E-state index in [9.17, 15) is 4.79 Å². The Morgan fingerprint density at radius 1 is 1.19 bits per heavy atom. The lowest BCUT2D eigenvalue weighted by Crippen LogP contribution is -2.46. The molecule has 1 aliphatic heterocycles. The van der Waals surface area contributed by atoms with Crippen molar-refractivity contribution in [3.63, 3.8) is 0 Å². The number of nitrogens with two attached hydrogens (primary N) is 1. The SMILES string of the molecule is CC(C)(C)OC(=O)NC1CCN(c2ccc(N)cc2-n2cnnc2)CC1. The van der Waals surface area contributed by atoms with E-state index in [1.807, 2.05) is 43.5 Å². The number of amides is 1. The molecule has 1 amide bonds. The number of nitrogens with one attached hydrogen (secondary N) is 1. The Labute approximate surface area is 153 Å². The maximum absolute atomic E-state index is 11.9.